The van der Waals surface area contributed by atoms with Crippen LogP contribution in [-0.2, 0) is 6.42 Å². The van der Waals surface area contributed by atoms with Gasteiger partial charge in [0.2, 0.25) is 0 Å². The Kier molecular flexibility index (Phi) is 3.56. The maximum absolute atomic E-state index is 11.7. The van der Waals surface area contributed by atoms with Gasteiger partial charge < -0.3 is 4.98 Å². The monoisotopic (exact) mass is 341 g/mol. The number of aryl methyl sites for hydroxylation is 2. The topological polar surface area (TPSA) is 58.6 Å². The van der Waals surface area contributed by atoms with Gasteiger partial charge in [-0.25, -0.2) is 4.98 Å². The SMILES string of the molecule is CCc1nc(-c2ccc(C)nc2)[nH]c(=O)c1I. The molecule has 1 N–H and O–H groups in total. The van der Waals surface area contributed by atoms with Crippen molar-refractivity contribution in [3.05, 3.63) is 43.6 Å². The molecule has 0 aliphatic heterocycles. The first-order chi connectivity index (χ1) is 8.11. The highest BCUT2D eigenvalue weighted by atomic mass is 127. The lowest BCUT2D eigenvalue weighted by atomic mass is 10.2. The molecule has 0 aromatic carbocycles. The molecule has 2 aromatic heterocycles. The Morgan fingerprint density at radius 3 is 2.76 bits per heavy atom. The summed E-state index contributed by atoms with van der Waals surface area (Å²) in [6.45, 7) is 3.91. The minimum Gasteiger partial charge on any atom is -0.306 e. The van der Waals surface area contributed by atoms with E-state index in [1.54, 1.807) is 6.20 Å². The second-order valence-corrected chi connectivity index (χ2v) is 4.80. The zero-order valence-corrected chi connectivity index (χ0v) is 11.8. The van der Waals surface area contributed by atoms with E-state index in [0.717, 1.165) is 23.4 Å². The number of rotatable bonds is 2. The highest BCUT2D eigenvalue weighted by Gasteiger charge is 2.08. The van der Waals surface area contributed by atoms with Crippen molar-refractivity contribution in [3.63, 3.8) is 0 Å². The van der Waals surface area contributed by atoms with Crippen molar-refractivity contribution >= 4 is 22.6 Å². The van der Waals surface area contributed by atoms with E-state index in [-0.39, 0.29) is 5.56 Å². The number of hydrogen-bond acceptors (Lipinski definition) is 3. The Morgan fingerprint density at radius 1 is 1.41 bits per heavy atom. The van der Waals surface area contributed by atoms with Crippen LogP contribution in [0.2, 0.25) is 0 Å². The minimum atomic E-state index is -0.0898. The maximum atomic E-state index is 11.7. The van der Waals surface area contributed by atoms with Gasteiger partial charge in [0, 0.05) is 17.5 Å². The number of aromatic nitrogens is 3. The van der Waals surface area contributed by atoms with Crippen molar-refractivity contribution in [3.8, 4) is 11.4 Å². The van der Waals surface area contributed by atoms with E-state index in [0.29, 0.717) is 9.39 Å². The number of pyridine rings is 1. The number of nitrogens with zero attached hydrogens (tertiary/aromatic N) is 2. The molecule has 2 rings (SSSR count). The molecule has 0 amide bonds. The molecule has 0 unspecified atom stereocenters. The third kappa shape index (κ3) is 2.54. The lowest BCUT2D eigenvalue weighted by molar-refractivity contribution is 0.966. The van der Waals surface area contributed by atoms with Crippen molar-refractivity contribution in [1.82, 2.24) is 15.0 Å². The molecule has 0 saturated heterocycles. The number of nitrogens with one attached hydrogen (secondary N) is 1. The molecule has 0 saturated carbocycles. The summed E-state index contributed by atoms with van der Waals surface area (Å²) >= 11 is 2.02. The molecule has 0 aliphatic rings. The van der Waals surface area contributed by atoms with Crippen LogP contribution in [0.1, 0.15) is 18.3 Å². The fourth-order valence-corrected chi connectivity index (χ4v) is 2.12. The highest BCUT2D eigenvalue weighted by Crippen LogP contribution is 2.14. The fraction of sp³-hybridized carbons (Fsp3) is 0.250. The molecule has 4 nitrogen and oxygen atoms in total. The molecule has 0 bridgehead atoms. The lowest BCUT2D eigenvalue weighted by Crippen LogP contribution is -2.16. The summed E-state index contributed by atoms with van der Waals surface area (Å²) in [5.41, 5.74) is 2.51. The summed E-state index contributed by atoms with van der Waals surface area (Å²) in [5, 5.41) is 0. The van der Waals surface area contributed by atoms with Gasteiger partial charge in [0.15, 0.2) is 0 Å². The molecular formula is C12H12IN3O. The molecule has 0 aliphatic carbocycles. The standard InChI is InChI=1S/C12H12IN3O/c1-3-9-10(13)12(17)16-11(15-9)8-5-4-7(2)14-6-8/h4-6H,3H2,1-2H3,(H,15,16,17). The van der Waals surface area contributed by atoms with E-state index >= 15 is 0 Å². The Morgan fingerprint density at radius 2 is 2.18 bits per heavy atom. The predicted octanol–water partition coefficient (Wildman–Crippen LogP) is 2.31. The first-order valence-corrected chi connectivity index (χ1v) is 6.41. The molecule has 17 heavy (non-hydrogen) atoms. The van der Waals surface area contributed by atoms with E-state index in [4.69, 9.17) is 0 Å². The van der Waals surface area contributed by atoms with Gasteiger partial charge in [0.25, 0.3) is 5.56 Å². The summed E-state index contributed by atoms with van der Waals surface area (Å²) in [4.78, 5) is 23.2. The molecule has 0 fully saturated rings. The van der Waals surface area contributed by atoms with Crippen LogP contribution in [0.15, 0.2) is 23.1 Å². The molecule has 88 valence electrons. The van der Waals surface area contributed by atoms with Gasteiger partial charge in [-0.1, -0.05) is 6.92 Å². The van der Waals surface area contributed by atoms with E-state index in [9.17, 15) is 4.79 Å². The quantitative estimate of drug-likeness (QED) is 0.853. The van der Waals surface area contributed by atoms with Crippen molar-refractivity contribution < 1.29 is 0 Å². The zero-order chi connectivity index (χ0) is 12.4. The Hall–Kier alpha value is -1.24. The molecule has 0 atom stereocenters. The van der Waals surface area contributed by atoms with E-state index in [1.807, 2.05) is 48.6 Å². The average molecular weight is 341 g/mol. The van der Waals surface area contributed by atoms with Gasteiger partial charge in [-0.3, -0.25) is 9.78 Å². The van der Waals surface area contributed by atoms with Gasteiger partial charge in [-0.15, -0.1) is 0 Å². The number of H-pyrrole nitrogens is 1. The third-order valence-corrected chi connectivity index (χ3v) is 3.56. The van der Waals surface area contributed by atoms with Gasteiger partial charge in [0.05, 0.1) is 9.26 Å². The fourth-order valence-electron chi connectivity index (χ4n) is 1.48. The molecule has 2 aromatic rings. The summed E-state index contributed by atoms with van der Waals surface area (Å²) < 4.78 is 0.661. The zero-order valence-electron chi connectivity index (χ0n) is 9.62. The molecule has 2 heterocycles. The van der Waals surface area contributed by atoms with E-state index in [1.165, 1.54) is 0 Å². The van der Waals surface area contributed by atoms with Gasteiger partial charge in [-0.05, 0) is 48.1 Å². The van der Waals surface area contributed by atoms with E-state index in [2.05, 4.69) is 15.0 Å². The highest BCUT2D eigenvalue weighted by molar-refractivity contribution is 14.1. The second kappa shape index (κ2) is 4.95. The third-order valence-electron chi connectivity index (χ3n) is 2.45. The van der Waals surface area contributed by atoms with Crippen LogP contribution < -0.4 is 5.56 Å². The van der Waals surface area contributed by atoms with Gasteiger partial charge in [0.1, 0.15) is 5.82 Å². The normalized spacial score (nSPS) is 10.5. The molecular weight excluding hydrogens is 329 g/mol. The van der Waals surface area contributed by atoms with Crippen LogP contribution >= 0.6 is 22.6 Å². The van der Waals surface area contributed by atoms with Crippen molar-refractivity contribution in [2.24, 2.45) is 0 Å². The number of hydrogen-bond donors (Lipinski definition) is 1. The lowest BCUT2D eigenvalue weighted by Gasteiger charge is -2.05. The van der Waals surface area contributed by atoms with Crippen molar-refractivity contribution in [2.75, 3.05) is 0 Å². The van der Waals surface area contributed by atoms with Crippen LogP contribution in [0, 0.1) is 10.5 Å². The molecule has 0 radical (unpaired) electrons. The van der Waals surface area contributed by atoms with Crippen LogP contribution in [-0.4, -0.2) is 15.0 Å². The van der Waals surface area contributed by atoms with Crippen molar-refractivity contribution in [2.45, 2.75) is 20.3 Å². The Balaban J connectivity index is 2.56. The molecule has 0 spiro atoms. The first kappa shape index (κ1) is 12.2. The van der Waals surface area contributed by atoms with Crippen LogP contribution in [0.5, 0.6) is 0 Å². The van der Waals surface area contributed by atoms with Gasteiger partial charge >= 0.3 is 0 Å². The van der Waals surface area contributed by atoms with Crippen molar-refractivity contribution in [1.29, 1.82) is 0 Å². The van der Waals surface area contributed by atoms with Crippen LogP contribution in [0.25, 0.3) is 11.4 Å². The summed E-state index contributed by atoms with van der Waals surface area (Å²) in [6.07, 6.45) is 2.47. The second-order valence-electron chi connectivity index (χ2n) is 3.72. The minimum absolute atomic E-state index is 0.0898. The molecule has 5 heteroatoms. The smallest absolute Gasteiger partial charge is 0.264 e. The Labute approximate surface area is 113 Å². The largest absolute Gasteiger partial charge is 0.306 e. The summed E-state index contributed by atoms with van der Waals surface area (Å²) in [7, 11) is 0. The maximum Gasteiger partial charge on any atom is 0.264 e. The number of aromatic amines is 1. The van der Waals surface area contributed by atoms with Crippen LogP contribution in [0.3, 0.4) is 0 Å². The predicted molar refractivity (Wildman–Crippen MR) is 74.9 cm³/mol. The summed E-state index contributed by atoms with van der Waals surface area (Å²) in [6, 6.07) is 3.81. The van der Waals surface area contributed by atoms with E-state index < -0.39 is 0 Å². The van der Waals surface area contributed by atoms with Gasteiger partial charge in [-0.2, -0.15) is 0 Å². The number of halogens is 1. The summed E-state index contributed by atoms with van der Waals surface area (Å²) in [5.74, 6) is 0.583. The first-order valence-electron chi connectivity index (χ1n) is 5.33. The van der Waals surface area contributed by atoms with Crippen LogP contribution in [0.4, 0.5) is 0 Å². The average Bonchev–Trinajstić information content (AvgIpc) is 2.33. The Bertz CT molecular complexity index is 590.